The number of hydrogen-bond acceptors (Lipinski definition) is 3. The fourth-order valence-corrected chi connectivity index (χ4v) is 2.86. The molecule has 1 amide bonds. The van der Waals surface area contributed by atoms with Gasteiger partial charge in [0.15, 0.2) is 5.82 Å². The highest BCUT2D eigenvalue weighted by atomic mass is 35.5. The van der Waals surface area contributed by atoms with Crippen LogP contribution in [-0.2, 0) is 0 Å². The first-order chi connectivity index (χ1) is 13.2. The Bertz CT molecular complexity index is 1020. The highest BCUT2D eigenvalue weighted by Crippen LogP contribution is 2.23. The van der Waals surface area contributed by atoms with Gasteiger partial charge in [-0.05, 0) is 24.3 Å². The molecule has 1 N–H and O–H groups in total. The maximum absolute atomic E-state index is 12.7. The van der Waals surface area contributed by atoms with Gasteiger partial charge < -0.3 is 5.32 Å². The van der Waals surface area contributed by atoms with Gasteiger partial charge in [0.2, 0.25) is 5.82 Å². The highest BCUT2D eigenvalue weighted by molar-refractivity contribution is 6.33. The summed E-state index contributed by atoms with van der Waals surface area (Å²) in [6.07, 6.45) is 0. The molecule has 1 heterocycles. The summed E-state index contributed by atoms with van der Waals surface area (Å²) in [5.74, 6) is 0.235. The average Bonchev–Trinajstić information content (AvgIpc) is 3.17. The molecule has 0 atom stereocenters. The van der Waals surface area contributed by atoms with Gasteiger partial charge >= 0.3 is 0 Å². The molecule has 0 radical (unpaired) electrons. The molecule has 1 aromatic heterocycles. The number of halogens is 1. The number of hydrogen-bond donors (Lipinski definition) is 1. The zero-order valence-corrected chi connectivity index (χ0v) is 15.0. The Balaban J connectivity index is 1.75. The molecule has 0 unspecified atom stereocenters. The van der Waals surface area contributed by atoms with Crippen LogP contribution < -0.4 is 5.32 Å². The van der Waals surface area contributed by atoms with Gasteiger partial charge in [-0.15, -0.1) is 5.10 Å². The third-order valence-corrected chi connectivity index (χ3v) is 4.29. The molecule has 0 bridgehead atoms. The lowest BCUT2D eigenvalue weighted by Crippen LogP contribution is -2.14. The first-order valence-corrected chi connectivity index (χ1v) is 8.74. The number of benzene rings is 3. The molecule has 132 valence electrons. The fourth-order valence-electron chi connectivity index (χ4n) is 2.67. The van der Waals surface area contributed by atoms with E-state index in [-0.39, 0.29) is 5.82 Å². The van der Waals surface area contributed by atoms with Gasteiger partial charge in [0, 0.05) is 5.56 Å². The van der Waals surface area contributed by atoms with E-state index in [1.807, 2.05) is 60.7 Å². The lowest BCUT2D eigenvalue weighted by molar-refractivity contribution is 0.101. The van der Waals surface area contributed by atoms with Crippen molar-refractivity contribution >= 4 is 23.2 Å². The Kier molecular flexibility index (Phi) is 4.68. The molecule has 0 aliphatic rings. The summed E-state index contributed by atoms with van der Waals surface area (Å²) >= 11 is 6.12. The van der Waals surface area contributed by atoms with Crippen molar-refractivity contribution in [2.45, 2.75) is 0 Å². The van der Waals surface area contributed by atoms with Crippen molar-refractivity contribution in [3.63, 3.8) is 0 Å². The minimum absolute atomic E-state index is 0.0672. The average molecular weight is 375 g/mol. The van der Waals surface area contributed by atoms with Crippen molar-refractivity contribution in [2.75, 3.05) is 5.32 Å². The smallest absolute Gasteiger partial charge is 0.295 e. The zero-order chi connectivity index (χ0) is 18.6. The highest BCUT2D eigenvalue weighted by Gasteiger charge is 2.19. The molecular formula is C21H15ClN4O. The van der Waals surface area contributed by atoms with Crippen LogP contribution in [0.4, 0.5) is 5.69 Å². The van der Waals surface area contributed by atoms with E-state index in [1.165, 1.54) is 0 Å². The number of nitrogens with zero attached hydrogens (tertiary/aromatic N) is 3. The summed E-state index contributed by atoms with van der Waals surface area (Å²) in [6.45, 7) is 0. The van der Waals surface area contributed by atoms with Crippen LogP contribution in [0.25, 0.3) is 17.1 Å². The van der Waals surface area contributed by atoms with Crippen LogP contribution in [0.1, 0.15) is 10.6 Å². The van der Waals surface area contributed by atoms with Crippen LogP contribution in [0.5, 0.6) is 0 Å². The number of rotatable bonds is 4. The summed E-state index contributed by atoms with van der Waals surface area (Å²) in [7, 11) is 0. The Morgan fingerprint density at radius 1 is 0.852 bits per heavy atom. The summed E-state index contributed by atoms with van der Waals surface area (Å²) < 4.78 is 1.66. The van der Waals surface area contributed by atoms with E-state index >= 15 is 0 Å². The predicted molar refractivity (Wildman–Crippen MR) is 106 cm³/mol. The Labute approximate surface area is 161 Å². The minimum atomic E-state index is -0.421. The summed E-state index contributed by atoms with van der Waals surface area (Å²) in [4.78, 5) is 17.2. The van der Waals surface area contributed by atoms with Crippen LogP contribution in [0.2, 0.25) is 5.02 Å². The number of nitrogens with one attached hydrogen (secondary N) is 1. The standard InChI is InChI=1S/C21H15ClN4O/c22-17-13-7-8-14-18(17)23-21(27)19-24-20(15-9-3-1-4-10-15)26(25-19)16-11-5-2-6-12-16/h1-14H,(H,23,27). The van der Waals surface area contributed by atoms with Crippen molar-refractivity contribution in [3.8, 4) is 17.1 Å². The van der Waals surface area contributed by atoms with Crippen molar-refractivity contribution in [2.24, 2.45) is 0 Å². The summed E-state index contributed by atoms with van der Waals surface area (Å²) in [5, 5.41) is 7.65. The molecule has 0 saturated heterocycles. The van der Waals surface area contributed by atoms with E-state index in [2.05, 4.69) is 15.4 Å². The fraction of sp³-hybridized carbons (Fsp3) is 0. The summed E-state index contributed by atoms with van der Waals surface area (Å²) in [5.41, 5.74) is 2.20. The van der Waals surface area contributed by atoms with Gasteiger partial charge in [0.05, 0.1) is 16.4 Å². The van der Waals surface area contributed by atoms with Crippen molar-refractivity contribution in [3.05, 3.63) is 95.8 Å². The molecule has 27 heavy (non-hydrogen) atoms. The second-order valence-electron chi connectivity index (χ2n) is 5.81. The second-order valence-corrected chi connectivity index (χ2v) is 6.21. The van der Waals surface area contributed by atoms with Crippen LogP contribution in [-0.4, -0.2) is 20.7 Å². The zero-order valence-electron chi connectivity index (χ0n) is 14.2. The number of carbonyl (C=O) groups is 1. The van der Waals surface area contributed by atoms with Gasteiger partial charge in [0.25, 0.3) is 5.91 Å². The van der Waals surface area contributed by atoms with Crippen LogP contribution >= 0.6 is 11.6 Å². The van der Waals surface area contributed by atoms with Crippen molar-refractivity contribution in [1.29, 1.82) is 0 Å². The summed E-state index contributed by atoms with van der Waals surface area (Å²) in [6, 6.07) is 26.2. The Hall–Kier alpha value is -3.44. The quantitative estimate of drug-likeness (QED) is 0.556. The van der Waals surface area contributed by atoms with Crippen molar-refractivity contribution < 1.29 is 4.79 Å². The van der Waals surface area contributed by atoms with E-state index < -0.39 is 5.91 Å². The van der Waals surface area contributed by atoms with Crippen LogP contribution in [0.15, 0.2) is 84.9 Å². The van der Waals surface area contributed by atoms with Gasteiger partial charge in [-0.25, -0.2) is 9.67 Å². The SMILES string of the molecule is O=C(Nc1ccccc1Cl)c1nc(-c2ccccc2)n(-c2ccccc2)n1. The molecule has 6 heteroatoms. The third-order valence-electron chi connectivity index (χ3n) is 3.97. The normalized spacial score (nSPS) is 10.6. The largest absolute Gasteiger partial charge is 0.318 e. The lowest BCUT2D eigenvalue weighted by Gasteiger charge is -2.05. The van der Waals surface area contributed by atoms with Crippen LogP contribution in [0, 0.1) is 0 Å². The Morgan fingerprint density at radius 3 is 2.19 bits per heavy atom. The molecule has 0 saturated carbocycles. The number of anilines is 1. The number of para-hydroxylation sites is 2. The molecule has 0 fully saturated rings. The predicted octanol–water partition coefficient (Wildman–Crippen LogP) is 4.84. The van der Waals surface area contributed by atoms with E-state index in [0.717, 1.165) is 11.3 Å². The monoisotopic (exact) mass is 374 g/mol. The van der Waals surface area contributed by atoms with Gasteiger partial charge in [-0.1, -0.05) is 72.3 Å². The topological polar surface area (TPSA) is 59.8 Å². The van der Waals surface area contributed by atoms with Gasteiger partial charge in [0.1, 0.15) is 0 Å². The molecule has 0 aliphatic carbocycles. The molecule has 0 spiro atoms. The first-order valence-electron chi connectivity index (χ1n) is 8.36. The number of aromatic nitrogens is 3. The van der Waals surface area contributed by atoms with Gasteiger partial charge in [-0.2, -0.15) is 0 Å². The number of amides is 1. The first kappa shape index (κ1) is 17.0. The van der Waals surface area contributed by atoms with E-state index in [1.54, 1.807) is 28.9 Å². The maximum atomic E-state index is 12.7. The lowest BCUT2D eigenvalue weighted by atomic mass is 10.2. The van der Waals surface area contributed by atoms with E-state index in [9.17, 15) is 4.79 Å². The minimum Gasteiger partial charge on any atom is -0.318 e. The second kappa shape index (κ2) is 7.43. The number of carbonyl (C=O) groups excluding carboxylic acids is 1. The molecule has 4 aromatic rings. The van der Waals surface area contributed by atoms with Crippen LogP contribution in [0.3, 0.4) is 0 Å². The van der Waals surface area contributed by atoms with Gasteiger partial charge in [-0.3, -0.25) is 4.79 Å². The molecule has 3 aromatic carbocycles. The molecule has 0 aliphatic heterocycles. The Morgan fingerprint density at radius 2 is 1.48 bits per heavy atom. The molecule has 4 rings (SSSR count). The van der Waals surface area contributed by atoms with E-state index in [4.69, 9.17) is 11.6 Å². The van der Waals surface area contributed by atoms with E-state index in [0.29, 0.717) is 16.5 Å². The molecular weight excluding hydrogens is 360 g/mol. The molecule has 5 nitrogen and oxygen atoms in total. The third kappa shape index (κ3) is 3.59. The maximum Gasteiger partial charge on any atom is 0.295 e. The van der Waals surface area contributed by atoms with Crippen molar-refractivity contribution in [1.82, 2.24) is 14.8 Å².